The Morgan fingerprint density at radius 1 is 0.930 bits per heavy atom. The summed E-state index contributed by atoms with van der Waals surface area (Å²) in [4.78, 5) is 30.0. The number of aryl methyl sites for hydroxylation is 1. The number of carbonyl (C=O) groups excluding carboxylic acids is 2. The van der Waals surface area contributed by atoms with Gasteiger partial charge < -0.3 is 15.0 Å². The first-order valence-corrected chi connectivity index (χ1v) is 17.3. The zero-order chi connectivity index (χ0) is 31.4. The van der Waals surface area contributed by atoms with E-state index in [0.717, 1.165) is 33.2 Å². The number of unbranched alkanes of at least 4 members (excludes halogenated alkanes) is 1. The van der Waals surface area contributed by atoms with Gasteiger partial charge in [-0.1, -0.05) is 50.1 Å². The minimum absolute atomic E-state index is 0.0708. The van der Waals surface area contributed by atoms with Crippen molar-refractivity contribution in [1.29, 1.82) is 0 Å². The van der Waals surface area contributed by atoms with E-state index in [0.29, 0.717) is 31.0 Å². The lowest BCUT2D eigenvalue weighted by atomic mass is 10.1. The van der Waals surface area contributed by atoms with Crippen LogP contribution in [0.25, 0.3) is 0 Å². The van der Waals surface area contributed by atoms with Gasteiger partial charge in [-0.3, -0.25) is 13.9 Å². The molecule has 43 heavy (non-hydrogen) atoms. The molecule has 0 aliphatic carbocycles. The fourth-order valence-corrected chi connectivity index (χ4v) is 6.42. The average molecular weight is 626 g/mol. The Kier molecular flexibility index (Phi) is 12.9. The van der Waals surface area contributed by atoms with Crippen LogP contribution in [0.4, 0.5) is 5.69 Å². The van der Waals surface area contributed by atoms with Crippen LogP contribution in [0.1, 0.15) is 51.2 Å². The molecule has 0 saturated heterocycles. The topological polar surface area (TPSA) is 96.0 Å². The van der Waals surface area contributed by atoms with Crippen molar-refractivity contribution in [2.24, 2.45) is 0 Å². The minimum atomic E-state index is -4.15. The third-order valence-corrected chi connectivity index (χ3v) is 9.58. The lowest BCUT2D eigenvalue weighted by molar-refractivity contribution is -0.140. The predicted octanol–water partition coefficient (Wildman–Crippen LogP) is 6.03. The molecule has 2 amide bonds. The van der Waals surface area contributed by atoms with E-state index in [1.54, 1.807) is 48.5 Å². The molecule has 8 nitrogen and oxygen atoms in total. The van der Waals surface area contributed by atoms with Gasteiger partial charge in [0.15, 0.2) is 0 Å². The number of nitrogens with zero attached hydrogens (tertiary/aromatic N) is 2. The molecule has 1 atom stereocenters. The van der Waals surface area contributed by atoms with E-state index in [1.165, 1.54) is 16.7 Å². The Balaban J connectivity index is 2.04. The molecular formula is C33H43N3O5S2. The molecule has 10 heteroatoms. The van der Waals surface area contributed by atoms with Gasteiger partial charge in [-0.2, -0.15) is 0 Å². The van der Waals surface area contributed by atoms with Gasteiger partial charge >= 0.3 is 0 Å². The van der Waals surface area contributed by atoms with Crippen molar-refractivity contribution in [3.05, 3.63) is 83.9 Å². The third kappa shape index (κ3) is 9.24. The molecule has 0 heterocycles. The Morgan fingerprint density at radius 2 is 1.58 bits per heavy atom. The zero-order valence-electron chi connectivity index (χ0n) is 25.7. The van der Waals surface area contributed by atoms with Crippen LogP contribution >= 0.6 is 11.8 Å². The van der Waals surface area contributed by atoms with Crippen LogP contribution in [-0.2, 0) is 26.2 Å². The van der Waals surface area contributed by atoms with Gasteiger partial charge in [0.2, 0.25) is 11.8 Å². The average Bonchev–Trinajstić information content (AvgIpc) is 3.01. The van der Waals surface area contributed by atoms with Gasteiger partial charge in [0.1, 0.15) is 18.3 Å². The Morgan fingerprint density at radius 3 is 2.14 bits per heavy atom. The van der Waals surface area contributed by atoms with E-state index >= 15 is 0 Å². The molecule has 0 aliphatic rings. The number of thioether (sulfide) groups is 1. The van der Waals surface area contributed by atoms with Crippen LogP contribution < -0.4 is 14.4 Å². The fourth-order valence-electron chi connectivity index (χ4n) is 4.59. The number of sulfonamides is 1. The summed E-state index contributed by atoms with van der Waals surface area (Å²) < 4.78 is 34.8. The maximum absolute atomic E-state index is 14.2. The monoisotopic (exact) mass is 625 g/mol. The predicted molar refractivity (Wildman–Crippen MR) is 174 cm³/mol. The molecule has 0 aliphatic heterocycles. The first kappa shape index (κ1) is 34.0. The van der Waals surface area contributed by atoms with Crippen LogP contribution in [0, 0.1) is 6.92 Å². The molecule has 1 N–H and O–H groups in total. The fraction of sp³-hybridized carbons (Fsp3) is 0.394. The highest BCUT2D eigenvalue weighted by Gasteiger charge is 2.33. The molecule has 0 aromatic heterocycles. The Hall–Kier alpha value is -3.50. The van der Waals surface area contributed by atoms with Crippen LogP contribution in [0.5, 0.6) is 5.75 Å². The van der Waals surface area contributed by atoms with Crippen LogP contribution in [0.3, 0.4) is 0 Å². The first-order chi connectivity index (χ1) is 20.6. The lowest BCUT2D eigenvalue weighted by Gasteiger charge is -2.33. The molecule has 3 aromatic rings. The second-order valence-corrected chi connectivity index (χ2v) is 12.9. The third-order valence-electron chi connectivity index (χ3n) is 7.05. The molecule has 0 radical (unpaired) electrons. The van der Waals surface area contributed by atoms with Gasteiger partial charge in [0, 0.05) is 18.0 Å². The number of amides is 2. The summed E-state index contributed by atoms with van der Waals surface area (Å²) in [5.41, 5.74) is 2.25. The van der Waals surface area contributed by atoms with Gasteiger partial charge in [-0.25, -0.2) is 8.42 Å². The minimum Gasteiger partial charge on any atom is -0.494 e. The van der Waals surface area contributed by atoms with Crippen LogP contribution in [-0.4, -0.2) is 57.1 Å². The summed E-state index contributed by atoms with van der Waals surface area (Å²) in [6.07, 6.45) is 4.05. The Labute approximate surface area is 260 Å². The molecule has 0 spiro atoms. The SMILES string of the molecule is CCCCNC(=O)[C@@H](CC)N(Cc1ccc(C)cc1)C(=O)CN(c1ccc(OCC)cc1)S(=O)(=O)c1ccc(SC)cc1. The maximum atomic E-state index is 14.2. The summed E-state index contributed by atoms with van der Waals surface area (Å²) in [6, 6.07) is 20.2. The molecule has 3 rings (SSSR count). The summed E-state index contributed by atoms with van der Waals surface area (Å²) >= 11 is 1.51. The van der Waals surface area contributed by atoms with E-state index in [2.05, 4.69) is 5.32 Å². The van der Waals surface area contributed by atoms with Gasteiger partial charge in [-0.05, 0) is 87.0 Å². The van der Waals surface area contributed by atoms with Crippen molar-refractivity contribution in [1.82, 2.24) is 10.2 Å². The largest absolute Gasteiger partial charge is 0.494 e. The van der Waals surface area contributed by atoms with E-state index in [9.17, 15) is 18.0 Å². The summed E-state index contributed by atoms with van der Waals surface area (Å²) in [5, 5.41) is 2.95. The number of ether oxygens (including phenoxy) is 1. The second-order valence-electron chi connectivity index (χ2n) is 10.2. The van der Waals surface area contributed by atoms with E-state index in [-0.39, 0.29) is 17.3 Å². The number of carbonyl (C=O) groups is 2. The molecule has 0 saturated carbocycles. The van der Waals surface area contributed by atoms with Crippen molar-refractivity contribution < 1.29 is 22.7 Å². The molecule has 3 aromatic carbocycles. The first-order valence-electron chi connectivity index (χ1n) is 14.7. The highest BCUT2D eigenvalue weighted by atomic mass is 32.2. The van der Waals surface area contributed by atoms with Crippen LogP contribution in [0.15, 0.2) is 82.6 Å². The van der Waals surface area contributed by atoms with Crippen molar-refractivity contribution in [3.8, 4) is 5.75 Å². The molecule has 232 valence electrons. The Bertz CT molecular complexity index is 1430. The van der Waals surface area contributed by atoms with E-state index in [1.807, 2.05) is 58.2 Å². The van der Waals surface area contributed by atoms with Gasteiger partial charge in [-0.15, -0.1) is 11.8 Å². The zero-order valence-corrected chi connectivity index (χ0v) is 27.3. The normalized spacial score (nSPS) is 11.9. The standard InChI is InChI=1S/C33H43N3O5S2/c1-6-9-22-34-33(38)31(7-2)35(23-26-12-10-25(4)11-13-26)32(37)24-36(27-14-16-28(17-15-27)41-8-3)43(39,40)30-20-18-29(42-5)19-21-30/h10-21,31H,6-9,22-24H2,1-5H3,(H,34,38)/t31-/m1/s1. The molecule has 0 bridgehead atoms. The number of hydrogen-bond donors (Lipinski definition) is 1. The number of anilines is 1. The van der Waals surface area contributed by atoms with E-state index < -0.39 is 28.5 Å². The summed E-state index contributed by atoms with van der Waals surface area (Å²) in [5.74, 6) is -0.133. The highest BCUT2D eigenvalue weighted by Crippen LogP contribution is 2.28. The quantitative estimate of drug-likeness (QED) is 0.154. The van der Waals surface area contributed by atoms with Crippen molar-refractivity contribution in [2.75, 3.05) is 30.3 Å². The van der Waals surface area contributed by atoms with E-state index in [4.69, 9.17) is 4.74 Å². The summed E-state index contributed by atoms with van der Waals surface area (Å²) in [7, 11) is -4.15. The highest BCUT2D eigenvalue weighted by molar-refractivity contribution is 7.98. The number of benzene rings is 3. The molecule has 0 fully saturated rings. The van der Waals surface area contributed by atoms with Crippen molar-refractivity contribution in [3.63, 3.8) is 0 Å². The maximum Gasteiger partial charge on any atom is 0.264 e. The molecule has 0 unspecified atom stereocenters. The van der Waals surface area contributed by atoms with Gasteiger partial charge in [0.05, 0.1) is 17.2 Å². The van der Waals surface area contributed by atoms with Crippen molar-refractivity contribution in [2.45, 2.75) is 69.3 Å². The molecular weight excluding hydrogens is 583 g/mol. The smallest absolute Gasteiger partial charge is 0.264 e. The van der Waals surface area contributed by atoms with Crippen LogP contribution in [0.2, 0.25) is 0 Å². The number of rotatable bonds is 16. The second kappa shape index (κ2) is 16.4. The summed E-state index contributed by atoms with van der Waals surface area (Å²) in [6.45, 7) is 8.41. The van der Waals surface area contributed by atoms with Crippen molar-refractivity contribution >= 4 is 39.3 Å². The lowest BCUT2D eigenvalue weighted by Crippen LogP contribution is -2.52. The number of nitrogens with one attached hydrogen (secondary N) is 1. The van der Waals surface area contributed by atoms with Gasteiger partial charge in [0.25, 0.3) is 10.0 Å². The number of hydrogen-bond acceptors (Lipinski definition) is 6.